The van der Waals surface area contributed by atoms with Crippen molar-refractivity contribution in [1.82, 2.24) is 20.5 Å². The van der Waals surface area contributed by atoms with Crippen LogP contribution in [-0.2, 0) is 27.5 Å². The molecule has 0 radical (unpaired) electrons. The first-order valence-electron chi connectivity index (χ1n) is 14.2. The second-order valence-corrected chi connectivity index (χ2v) is 10.8. The summed E-state index contributed by atoms with van der Waals surface area (Å²) in [5.41, 5.74) is 7.75. The first-order chi connectivity index (χ1) is 19.5. The van der Waals surface area contributed by atoms with Gasteiger partial charge in [0.25, 0.3) is 0 Å². The monoisotopic (exact) mass is 543 g/mol. The summed E-state index contributed by atoms with van der Waals surface area (Å²) in [7, 11) is 0. The number of nitrogens with one attached hydrogen (secondary N) is 2. The minimum atomic E-state index is -0.721. The van der Waals surface area contributed by atoms with E-state index in [0.717, 1.165) is 47.6 Å². The standard InChI is InChI=1S/C31H37N5O4/c32-28-25-12-11-23(17-24(25)13-15-33-28)19-34-29(37)27-14-16-36(27)30(38)26(18-21-7-3-1-4-8-21)35-31(39)40-20-22-9-5-2-6-10-22/h2,5-6,9-13,15,17,21,26-27H,1,3-4,7-8,14,16,18-20H2,(H2,32,33)(H,34,37)(H,35,39)/t26-,27?/m1/s1. The van der Waals surface area contributed by atoms with Crippen LogP contribution in [0, 0.1) is 5.92 Å². The van der Waals surface area contributed by atoms with E-state index in [1.54, 1.807) is 11.1 Å². The van der Waals surface area contributed by atoms with Crippen LogP contribution in [0.4, 0.5) is 10.6 Å². The molecule has 2 aromatic carbocycles. The van der Waals surface area contributed by atoms with Crippen molar-refractivity contribution in [3.8, 4) is 0 Å². The summed E-state index contributed by atoms with van der Waals surface area (Å²) in [6.07, 6.45) is 7.75. The molecule has 3 aromatic rings. The lowest BCUT2D eigenvalue weighted by molar-refractivity contribution is -0.149. The van der Waals surface area contributed by atoms with E-state index in [9.17, 15) is 14.4 Å². The molecule has 5 rings (SSSR count). The third-order valence-corrected chi connectivity index (χ3v) is 8.03. The van der Waals surface area contributed by atoms with Crippen molar-refractivity contribution in [2.45, 2.75) is 70.2 Å². The Morgan fingerprint density at radius 2 is 1.80 bits per heavy atom. The van der Waals surface area contributed by atoms with Gasteiger partial charge in [0.05, 0.1) is 0 Å². The van der Waals surface area contributed by atoms with Crippen molar-refractivity contribution in [3.63, 3.8) is 0 Å². The van der Waals surface area contributed by atoms with E-state index in [-0.39, 0.29) is 18.4 Å². The summed E-state index contributed by atoms with van der Waals surface area (Å²) in [6.45, 7) is 0.954. The normalized spacial score (nSPS) is 18.0. The molecule has 1 saturated carbocycles. The minimum absolute atomic E-state index is 0.129. The molecule has 1 aliphatic heterocycles. The average Bonchev–Trinajstić information content (AvgIpc) is 2.95. The van der Waals surface area contributed by atoms with Gasteiger partial charge >= 0.3 is 6.09 Å². The number of alkyl carbamates (subject to hydrolysis) is 1. The lowest BCUT2D eigenvalue weighted by Gasteiger charge is -2.42. The van der Waals surface area contributed by atoms with Crippen LogP contribution >= 0.6 is 0 Å². The Morgan fingerprint density at radius 1 is 1.00 bits per heavy atom. The maximum absolute atomic E-state index is 13.6. The van der Waals surface area contributed by atoms with Crippen LogP contribution in [0.2, 0.25) is 0 Å². The van der Waals surface area contributed by atoms with Crippen molar-refractivity contribution < 1.29 is 19.1 Å². The van der Waals surface area contributed by atoms with Gasteiger partial charge < -0.3 is 26.0 Å². The van der Waals surface area contributed by atoms with Gasteiger partial charge in [-0.3, -0.25) is 9.59 Å². The number of ether oxygens (including phenoxy) is 1. The highest BCUT2D eigenvalue weighted by Gasteiger charge is 2.41. The Hall–Kier alpha value is -4.14. The minimum Gasteiger partial charge on any atom is -0.445 e. The number of nitrogens with two attached hydrogens (primary N) is 1. The average molecular weight is 544 g/mol. The van der Waals surface area contributed by atoms with Crippen LogP contribution in [0.5, 0.6) is 0 Å². The fourth-order valence-corrected chi connectivity index (χ4v) is 5.68. The Balaban J connectivity index is 1.19. The maximum atomic E-state index is 13.6. The molecule has 40 heavy (non-hydrogen) atoms. The lowest BCUT2D eigenvalue weighted by Crippen LogP contribution is -2.62. The highest BCUT2D eigenvalue weighted by atomic mass is 16.5. The fourth-order valence-electron chi connectivity index (χ4n) is 5.68. The van der Waals surface area contributed by atoms with Crippen molar-refractivity contribution in [3.05, 3.63) is 71.9 Å². The Kier molecular flexibility index (Phi) is 8.78. The zero-order valence-corrected chi connectivity index (χ0v) is 22.7. The predicted molar refractivity (Wildman–Crippen MR) is 153 cm³/mol. The maximum Gasteiger partial charge on any atom is 0.408 e. The molecule has 1 saturated heterocycles. The van der Waals surface area contributed by atoms with Gasteiger partial charge in [-0.1, -0.05) is 74.6 Å². The second-order valence-electron chi connectivity index (χ2n) is 10.8. The van der Waals surface area contributed by atoms with Gasteiger partial charge in [-0.15, -0.1) is 0 Å². The predicted octanol–water partition coefficient (Wildman–Crippen LogP) is 4.30. The summed E-state index contributed by atoms with van der Waals surface area (Å²) >= 11 is 0. The van der Waals surface area contributed by atoms with E-state index >= 15 is 0 Å². The highest BCUT2D eigenvalue weighted by Crippen LogP contribution is 2.29. The molecule has 1 aromatic heterocycles. The van der Waals surface area contributed by atoms with Gasteiger partial charge in [0, 0.05) is 24.7 Å². The highest BCUT2D eigenvalue weighted by molar-refractivity contribution is 5.93. The van der Waals surface area contributed by atoms with Gasteiger partial charge in [0.15, 0.2) is 0 Å². The van der Waals surface area contributed by atoms with Crippen LogP contribution < -0.4 is 16.4 Å². The molecule has 2 fully saturated rings. The van der Waals surface area contributed by atoms with Crippen molar-refractivity contribution in [2.75, 3.05) is 12.3 Å². The zero-order valence-electron chi connectivity index (χ0n) is 22.7. The molecule has 0 bridgehead atoms. The number of hydrogen-bond donors (Lipinski definition) is 3. The van der Waals surface area contributed by atoms with E-state index in [4.69, 9.17) is 10.5 Å². The Bertz CT molecular complexity index is 1340. The number of nitrogen functional groups attached to an aromatic ring is 1. The molecule has 2 aliphatic rings. The van der Waals surface area contributed by atoms with Crippen LogP contribution in [0.1, 0.15) is 56.1 Å². The quantitative estimate of drug-likeness (QED) is 0.369. The molecule has 210 valence electrons. The van der Waals surface area contributed by atoms with Gasteiger partial charge in [-0.05, 0) is 47.4 Å². The van der Waals surface area contributed by atoms with Gasteiger partial charge in [-0.25, -0.2) is 9.78 Å². The molecule has 2 atom stereocenters. The number of anilines is 1. The number of likely N-dealkylation sites (tertiary alicyclic amines) is 1. The number of nitrogens with zero attached hydrogens (tertiary/aromatic N) is 2. The van der Waals surface area contributed by atoms with Crippen LogP contribution in [0.25, 0.3) is 10.8 Å². The molecule has 1 unspecified atom stereocenters. The van der Waals surface area contributed by atoms with Crippen LogP contribution in [0.3, 0.4) is 0 Å². The Morgan fingerprint density at radius 3 is 2.55 bits per heavy atom. The number of carbonyl (C=O) groups is 3. The largest absolute Gasteiger partial charge is 0.445 e. The van der Waals surface area contributed by atoms with Gasteiger partial charge in [0.2, 0.25) is 11.8 Å². The molecule has 0 spiro atoms. The van der Waals surface area contributed by atoms with E-state index in [1.807, 2.05) is 54.6 Å². The summed E-state index contributed by atoms with van der Waals surface area (Å²) in [5.74, 6) is 0.416. The second kappa shape index (κ2) is 12.8. The topological polar surface area (TPSA) is 127 Å². The van der Waals surface area contributed by atoms with Gasteiger partial charge in [0.1, 0.15) is 24.5 Å². The van der Waals surface area contributed by atoms with Crippen LogP contribution in [0.15, 0.2) is 60.8 Å². The van der Waals surface area contributed by atoms with E-state index in [0.29, 0.717) is 37.7 Å². The fraction of sp³-hybridized carbons (Fsp3) is 0.419. The zero-order chi connectivity index (χ0) is 27.9. The van der Waals surface area contributed by atoms with Gasteiger partial charge in [-0.2, -0.15) is 0 Å². The number of carbonyl (C=O) groups excluding carboxylic acids is 3. The number of fused-ring (bicyclic) bond motifs is 1. The smallest absolute Gasteiger partial charge is 0.408 e. The van der Waals surface area contributed by atoms with Crippen molar-refractivity contribution >= 4 is 34.5 Å². The number of hydrogen-bond acceptors (Lipinski definition) is 6. The molecular weight excluding hydrogens is 506 g/mol. The first-order valence-corrected chi connectivity index (χ1v) is 14.2. The first kappa shape index (κ1) is 27.4. The molecular formula is C31H37N5O4. The summed E-state index contributed by atoms with van der Waals surface area (Å²) in [4.78, 5) is 45.1. The number of amides is 3. The number of aromatic nitrogens is 1. The number of pyridine rings is 1. The molecule has 1 aliphatic carbocycles. The van der Waals surface area contributed by atoms with Crippen LogP contribution in [-0.4, -0.2) is 46.4 Å². The number of rotatable bonds is 9. The summed E-state index contributed by atoms with van der Waals surface area (Å²) in [6, 6.07) is 15.8. The van der Waals surface area contributed by atoms with E-state index < -0.39 is 18.2 Å². The van der Waals surface area contributed by atoms with Crippen molar-refractivity contribution in [2.24, 2.45) is 5.92 Å². The van der Waals surface area contributed by atoms with E-state index in [1.165, 1.54) is 6.42 Å². The molecule has 9 nitrogen and oxygen atoms in total. The summed E-state index contributed by atoms with van der Waals surface area (Å²) < 4.78 is 5.42. The van der Waals surface area contributed by atoms with Crippen molar-refractivity contribution in [1.29, 1.82) is 0 Å². The molecule has 3 amide bonds. The Labute approximate surface area is 234 Å². The SMILES string of the molecule is Nc1nccc2cc(CNC(=O)C3CCN3C(=O)[C@@H](CC3CCCCC3)NC(=O)OCc3ccccc3)ccc12. The number of benzene rings is 2. The third kappa shape index (κ3) is 6.70. The third-order valence-electron chi connectivity index (χ3n) is 8.03. The molecule has 4 N–H and O–H groups in total. The lowest BCUT2D eigenvalue weighted by atomic mass is 9.84. The molecule has 2 heterocycles. The molecule has 9 heteroatoms. The summed E-state index contributed by atoms with van der Waals surface area (Å²) in [5, 5.41) is 7.62. The van der Waals surface area contributed by atoms with E-state index in [2.05, 4.69) is 15.6 Å².